The van der Waals surface area contributed by atoms with Gasteiger partial charge in [0.25, 0.3) is 0 Å². The Kier molecular flexibility index (Phi) is 7.18. The number of hydrogen-bond acceptors (Lipinski definition) is 3. The molecular weight excluding hydrogens is 309 g/mol. The average Bonchev–Trinajstić information content (AvgIpc) is 2.51. The number of likely N-dealkylation sites (N-methyl/N-ethyl adjacent to an activating group) is 1. The van der Waals surface area contributed by atoms with E-state index in [2.05, 4.69) is 15.7 Å². The number of hydrogen-bond donors (Lipinski definition) is 2. The third-order valence-electron chi connectivity index (χ3n) is 2.91. The van der Waals surface area contributed by atoms with Gasteiger partial charge in [-0.05, 0) is 27.8 Å². The van der Waals surface area contributed by atoms with Crippen LogP contribution in [0.15, 0.2) is 0 Å². The molecule has 9 heteroatoms. The van der Waals surface area contributed by atoms with Gasteiger partial charge in [-0.3, -0.25) is 9.48 Å². The van der Waals surface area contributed by atoms with Crippen molar-refractivity contribution in [3.05, 3.63) is 17.0 Å². The summed E-state index contributed by atoms with van der Waals surface area (Å²) in [5, 5.41) is 9.33. The Morgan fingerprint density at radius 3 is 2.43 bits per heavy atom. The van der Waals surface area contributed by atoms with E-state index in [0.29, 0.717) is 17.0 Å². The molecule has 21 heavy (non-hydrogen) atoms. The molecule has 0 spiro atoms. The van der Waals surface area contributed by atoms with Gasteiger partial charge in [0, 0.05) is 11.3 Å². The molecule has 1 atom stereocenters. The number of aromatic nitrogens is 2. The van der Waals surface area contributed by atoms with Gasteiger partial charge in [0.15, 0.2) is 0 Å². The maximum absolute atomic E-state index is 12.4. The topological polar surface area (TPSA) is 59.0 Å². The Bertz CT molecular complexity index is 488. The second-order valence-corrected chi connectivity index (χ2v) is 4.68. The van der Waals surface area contributed by atoms with E-state index < -0.39 is 18.8 Å². The molecule has 0 aromatic carbocycles. The maximum Gasteiger partial charge on any atom is 0.408 e. The molecule has 1 rings (SSSR count). The quantitative estimate of drug-likeness (QED) is 0.867. The van der Waals surface area contributed by atoms with Crippen molar-refractivity contribution >= 4 is 18.3 Å². The van der Waals surface area contributed by atoms with Crippen LogP contribution < -0.4 is 10.6 Å². The van der Waals surface area contributed by atoms with Crippen LogP contribution in [0.4, 0.5) is 13.2 Å². The summed E-state index contributed by atoms with van der Waals surface area (Å²) in [6.45, 7) is 3.95. The first-order chi connectivity index (χ1) is 9.15. The second-order valence-electron chi connectivity index (χ2n) is 4.68. The van der Waals surface area contributed by atoms with Crippen LogP contribution in [0, 0.1) is 13.8 Å². The molecule has 0 bridgehead atoms. The van der Waals surface area contributed by atoms with E-state index in [1.807, 2.05) is 0 Å². The number of alkyl halides is 3. The highest BCUT2D eigenvalue weighted by atomic mass is 35.5. The molecule has 1 unspecified atom stereocenters. The SMILES string of the molecule is CNCC(=O)NC(C)c1c(C)nn(CC(F)(F)F)c1C.Cl. The van der Waals surface area contributed by atoms with Gasteiger partial charge in [-0.2, -0.15) is 18.3 Å². The molecule has 1 aromatic rings. The van der Waals surface area contributed by atoms with Crippen LogP contribution in [0.5, 0.6) is 0 Å². The zero-order chi connectivity index (χ0) is 15.5. The number of carbonyl (C=O) groups is 1. The number of rotatable bonds is 5. The van der Waals surface area contributed by atoms with E-state index in [1.165, 1.54) is 0 Å². The van der Waals surface area contributed by atoms with Crippen LogP contribution in [0.25, 0.3) is 0 Å². The third kappa shape index (κ3) is 5.55. The lowest BCUT2D eigenvalue weighted by molar-refractivity contribution is -0.143. The molecule has 0 aliphatic carbocycles. The number of amides is 1. The highest BCUT2D eigenvalue weighted by Gasteiger charge is 2.30. The average molecular weight is 329 g/mol. The summed E-state index contributed by atoms with van der Waals surface area (Å²) in [6, 6.07) is -0.391. The second kappa shape index (κ2) is 7.65. The van der Waals surface area contributed by atoms with E-state index in [1.54, 1.807) is 27.8 Å². The van der Waals surface area contributed by atoms with E-state index >= 15 is 0 Å². The Morgan fingerprint density at radius 1 is 1.38 bits per heavy atom. The minimum Gasteiger partial charge on any atom is -0.348 e. The van der Waals surface area contributed by atoms with Crippen LogP contribution in [0.1, 0.15) is 29.9 Å². The zero-order valence-electron chi connectivity index (χ0n) is 12.3. The molecule has 0 radical (unpaired) electrons. The first kappa shape index (κ1) is 19.7. The molecule has 122 valence electrons. The van der Waals surface area contributed by atoms with Crippen molar-refractivity contribution in [1.82, 2.24) is 20.4 Å². The third-order valence-corrected chi connectivity index (χ3v) is 2.91. The molecule has 0 aliphatic rings. The lowest BCUT2D eigenvalue weighted by atomic mass is 10.1. The summed E-state index contributed by atoms with van der Waals surface area (Å²) in [5.41, 5.74) is 1.53. The molecule has 0 fully saturated rings. The van der Waals surface area contributed by atoms with Crippen molar-refractivity contribution in [2.24, 2.45) is 0 Å². The lowest BCUT2D eigenvalue weighted by Gasteiger charge is -2.15. The molecule has 1 amide bonds. The van der Waals surface area contributed by atoms with Crippen LogP contribution >= 0.6 is 12.4 Å². The van der Waals surface area contributed by atoms with Gasteiger partial charge in [-0.15, -0.1) is 12.4 Å². The van der Waals surface area contributed by atoms with E-state index in [-0.39, 0.29) is 24.9 Å². The Morgan fingerprint density at radius 2 is 1.95 bits per heavy atom. The minimum atomic E-state index is -4.32. The first-order valence-corrected chi connectivity index (χ1v) is 6.20. The number of halogens is 4. The van der Waals surface area contributed by atoms with Crippen molar-refractivity contribution in [3.63, 3.8) is 0 Å². The summed E-state index contributed by atoms with van der Waals surface area (Å²) >= 11 is 0. The first-order valence-electron chi connectivity index (χ1n) is 6.20. The smallest absolute Gasteiger partial charge is 0.348 e. The van der Waals surface area contributed by atoms with Crippen molar-refractivity contribution in [2.75, 3.05) is 13.6 Å². The largest absolute Gasteiger partial charge is 0.408 e. The van der Waals surface area contributed by atoms with Crippen molar-refractivity contribution in [3.8, 4) is 0 Å². The highest BCUT2D eigenvalue weighted by Crippen LogP contribution is 2.24. The summed E-state index contributed by atoms with van der Waals surface area (Å²) in [4.78, 5) is 11.5. The van der Waals surface area contributed by atoms with Gasteiger partial charge in [0.05, 0.1) is 18.3 Å². The van der Waals surface area contributed by atoms with Crippen molar-refractivity contribution < 1.29 is 18.0 Å². The lowest BCUT2D eigenvalue weighted by Crippen LogP contribution is -2.34. The fraction of sp³-hybridized carbons (Fsp3) is 0.667. The van der Waals surface area contributed by atoms with E-state index in [9.17, 15) is 18.0 Å². The molecule has 0 saturated carbocycles. The van der Waals surface area contributed by atoms with Gasteiger partial charge in [0.2, 0.25) is 5.91 Å². The Labute approximate surface area is 127 Å². The van der Waals surface area contributed by atoms with Gasteiger partial charge in [-0.1, -0.05) is 0 Å². The predicted octanol–water partition coefficient (Wildman–Crippen LogP) is 1.88. The summed E-state index contributed by atoms with van der Waals surface area (Å²) in [5.74, 6) is -0.220. The molecular formula is C12H20ClF3N4O. The predicted molar refractivity (Wildman–Crippen MR) is 75.5 cm³/mol. The number of aryl methyl sites for hydroxylation is 1. The standard InChI is InChI=1S/C12H19F3N4O.ClH/c1-7(17-10(20)5-16-4)11-8(2)18-19(9(11)3)6-12(13,14)15;/h7,16H,5-6H2,1-4H3,(H,17,20);1H. The molecule has 2 N–H and O–H groups in total. The minimum absolute atomic E-state index is 0. The summed E-state index contributed by atoms with van der Waals surface area (Å²) < 4.78 is 38.2. The Balaban J connectivity index is 0.00000400. The number of carbonyl (C=O) groups excluding carboxylic acids is 1. The van der Waals surface area contributed by atoms with Crippen molar-refractivity contribution in [1.29, 1.82) is 0 Å². The van der Waals surface area contributed by atoms with Crippen molar-refractivity contribution in [2.45, 2.75) is 39.5 Å². The maximum atomic E-state index is 12.4. The van der Waals surface area contributed by atoms with Crippen LogP contribution in [0.2, 0.25) is 0 Å². The molecule has 0 aliphatic heterocycles. The summed E-state index contributed by atoms with van der Waals surface area (Å²) in [7, 11) is 1.64. The highest BCUT2D eigenvalue weighted by molar-refractivity contribution is 5.85. The van der Waals surface area contributed by atoms with Gasteiger partial charge >= 0.3 is 6.18 Å². The van der Waals surface area contributed by atoms with Gasteiger partial charge < -0.3 is 10.6 Å². The number of nitrogens with zero attached hydrogens (tertiary/aromatic N) is 2. The summed E-state index contributed by atoms with van der Waals surface area (Å²) in [6.07, 6.45) is -4.32. The fourth-order valence-electron chi connectivity index (χ4n) is 2.19. The van der Waals surface area contributed by atoms with E-state index in [4.69, 9.17) is 0 Å². The van der Waals surface area contributed by atoms with Crippen LogP contribution in [0.3, 0.4) is 0 Å². The molecule has 1 aromatic heterocycles. The fourth-order valence-corrected chi connectivity index (χ4v) is 2.19. The Hall–Kier alpha value is -1.28. The van der Waals surface area contributed by atoms with Crippen LogP contribution in [-0.4, -0.2) is 35.5 Å². The van der Waals surface area contributed by atoms with Crippen LogP contribution in [-0.2, 0) is 11.3 Å². The van der Waals surface area contributed by atoms with E-state index in [0.717, 1.165) is 4.68 Å². The molecule has 5 nitrogen and oxygen atoms in total. The molecule has 0 saturated heterocycles. The normalized spacial score (nSPS) is 12.7. The van der Waals surface area contributed by atoms with Gasteiger partial charge in [-0.25, -0.2) is 0 Å². The van der Waals surface area contributed by atoms with Gasteiger partial charge in [0.1, 0.15) is 6.54 Å². The number of nitrogens with one attached hydrogen (secondary N) is 2. The zero-order valence-corrected chi connectivity index (χ0v) is 13.2. The monoisotopic (exact) mass is 328 g/mol. The molecule has 1 heterocycles.